The third-order valence-electron chi connectivity index (χ3n) is 5.58. The van der Waals surface area contributed by atoms with Crippen LogP contribution in [0.1, 0.15) is 49.9 Å². The zero-order chi connectivity index (χ0) is 20.0. The van der Waals surface area contributed by atoms with Crippen LogP contribution in [0, 0.1) is 13.8 Å². The minimum Gasteiger partial charge on any atom is -0.0758 e. The topological polar surface area (TPSA) is 0 Å². The second-order valence-electron chi connectivity index (χ2n) is 8.45. The van der Waals surface area contributed by atoms with Gasteiger partial charge in [-0.15, -0.1) is 0 Å². The molecule has 0 fully saturated rings. The van der Waals surface area contributed by atoms with Gasteiger partial charge in [0.25, 0.3) is 0 Å². The normalized spacial score (nSPS) is 11.2. The van der Waals surface area contributed by atoms with Gasteiger partial charge in [0.05, 0.1) is 0 Å². The van der Waals surface area contributed by atoms with E-state index in [0.717, 1.165) is 0 Å². The van der Waals surface area contributed by atoms with Gasteiger partial charge in [0.1, 0.15) is 0 Å². The summed E-state index contributed by atoms with van der Waals surface area (Å²) in [5, 5.41) is 8.01. The van der Waals surface area contributed by atoms with Gasteiger partial charge in [0, 0.05) is 0 Å². The fraction of sp³-hybridized carbons (Fsp3) is 0.214. The lowest BCUT2D eigenvalue weighted by Crippen LogP contribution is -1.89. The lowest BCUT2D eigenvalue weighted by atomic mass is 9.90. The summed E-state index contributed by atoms with van der Waals surface area (Å²) in [7, 11) is 0. The summed E-state index contributed by atoms with van der Waals surface area (Å²) >= 11 is 0. The van der Waals surface area contributed by atoms with Gasteiger partial charge in [-0.3, -0.25) is 0 Å². The van der Waals surface area contributed by atoms with Crippen LogP contribution in [0.25, 0.3) is 44.5 Å². The highest BCUT2D eigenvalue weighted by Crippen LogP contribution is 2.36. The van der Waals surface area contributed by atoms with E-state index in [9.17, 15) is 0 Å². The van der Waals surface area contributed by atoms with Crippen LogP contribution in [0.4, 0.5) is 0 Å². The van der Waals surface area contributed by atoms with Gasteiger partial charge in [-0.25, -0.2) is 0 Å². The Bertz CT molecular complexity index is 1190. The Morgan fingerprint density at radius 3 is 1.11 bits per heavy atom. The Morgan fingerprint density at radius 2 is 0.750 bits per heavy atom. The van der Waals surface area contributed by atoms with E-state index >= 15 is 0 Å². The Balaban J connectivity index is 2.13. The molecule has 0 N–H and O–H groups in total. The van der Waals surface area contributed by atoms with Crippen LogP contribution in [-0.2, 0) is 0 Å². The Labute approximate surface area is 168 Å². The molecule has 0 heterocycles. The van der Waals surface area contributed by atoms with Crippen LogP contribution in [0.3, 0.4) is 0 Å². The molecule has 0 heteroatoms. The van der Waals surface area contributed by atoms with Crippen molar-refractivity contribution in [2.75, 3.05) is 0 Å². The van der Waals surface area contributed by atoms with E-state index in [4.69, 9.17) is 0 Å². The number of fused-ring (bicyclic) bond motifs is 5. The van der Waals surface area contributed by atoms with E-state index in [0.29, 0.717) is 0 Å². The summed E-state index contributed by atoms with van der Waals surface area (Å²) < 4.78 is 0. The van der Waals surface area contributed by atoms with Crippen molar-refractivity contribution >= 4 is 44.5 Å². The predicted molar refractivity (Wildman–Crippen MR) is 127 cm³/mol. The Kier molecular flexibility index (Phi) is 4.59. The van der Waals surface area contributed by atoms with Gasteiger partial charge >= 0.3 is 0 Å². The molecule has 0 saturated heterocycles. The third-order valence-corrected chi connectivity index (χ3v) is 5.58. The van der Waals surface area contributed by atoms with Crippen LogP contribution in [-0.4, -0.2) is 0 Å². The van der Waals surface area contributed by atoms with Gasteiger partial charge in [-0.2, -0.15) is 0 Å². The zero-order valence-corrected chi connectivity index (χ0v) is 17.8. The molecule has 0 radical (unpaired) electrons. The van der Waals surface area contributed by atoms with E-state index < -0.39 is 0 Å². The monoisotopic (exact) mass is 364 g/mol. The summed E-state index contributed by atoms with van der Waals surface area (Å²) in [5.74, 6) is 0. The van der Waals surface area contributed by atoms with Crippen molar-refractivity contribution in [3.63, 3.8) is 0 Å². The summed E-state index contributed by atoms with van der Waals surface area (Å²) in [5.41, 5.74) is 8.00. The lowest BCUT2D eigenvalue weighted by molar-refractivity contribution is 1.40. The quantitative estimate of drug-likeness (QED) is 0.312. The van der Waals surface area contributed by atoms with E-state index in [1.54, 1.807) is 0 Å². The van der Waals surface area contributed by atoms with E-state index in [1.165, 1.54) is 65.7 Å². The Hall–Kier alpha value is -2.86. The standard InChI is InChI=1S/C28H28/c1-17(2)15-27-19(5)7-9-21-23-12-14-26-22(24(23)11-13-25(21)27)10-8-20(6)28(26)16-18(3)4/h7-16H,1-6H3. The largest absolute Gasteiger partial charge is 0.0758 e. The third kappa shape index (κ3) is 3.03. The van der Waals surface area contributed by atoms with Crippen molar-refractivity contribution < 1.29 is 0 Å². The average Bonchev–Trinajstić information content (AvgIpc) is 2.64. The molecule has 0 aliphatic carbocycles. The van der Waals surface area contributed by atoms with Crippen LogP contribution in [0.15, 0.2) is 59.7 Å². The van der Waals surface area contributed by atoms with Crippen molar-refractivity contribution in [3.8, 4) is 0 Å². The summed E-state index contributed by atoms with van der Waals surface area (Å²) in [6, 6.07) is 18.3. The molecule has 0 aliphatic heterocycles. The highest BCUT2D eigenvalue weighted by molar-refractivity contribution is 6.19. The smallest absolute Gasteiger partial charge is 0.00987 e. The molecule has 140 valence electrons. The molecule has 28 heavy (non-hydrogen) atoms. The summed E-state index contributed by atoms with van der Waals surface area (Å²) in [4.78, 5) is 0. The summed E-state index contributed by atoms with van der Waals surface area (Å²) in [6.45, 7) is 13.1. The maximum absolute atomic E-state index is 2.31. The fourth-order valence-corrected chi connectivity index (χ4v) is 4.26. The maximum atomic E-state index is 2.31. The van der Waals surface area contributed by atoms with Crippen LogP contribution in [0.2, 0.25) is 0 Å². The zero-order valence-electron chi connectivity index (χ0n) is 17.8. The van der Waals surface area contributed by atoms with Gasteiger partial charge in [-0.05, 0) is 96.1 Å². The first-order valence-electron chi connectivity index (χ1n) is 10.0. The number of aryl methyl sites for hydroxylation is 2. The van der Waals surface area contributed by atoms with Crippen molar-refractivity contribution in [2.24, 2.45) is 0 Å². The molecule has 4 rings (SSSR count). The minimum absolute atomic E-state index is 1.33. The van der Waals surface area contributed by atoms with Crippen LogP contribution >= 0.6 is 0 Å². The molecule has 0 amide bonds. The van der Waals surface area contributed by atoms with Gasteiger partial charge in [0.2, 0.25) is 0 Å². The van der Waals surface area contributed by atoms with Crippen LogP contribution < -0.4 is 0 Å². The number of hydrogen-bond acceptors (Lipinski definition) is 0. The van der Waals surface area contributed by atoms with Crippen molar-refractivity contribution in [3.05, 3.63) is 81.9 Å². The maximum Gasteiger partial charge on any atom is -0.00987 e. The first-order chi connectivity index (χ1) is 13.4. The molecule has 0 nitrogen and oxygen atoms in total. The molecule has 0 atom stereocenters. The van der Waals surface area contributed by atoms with Crippen molar-refractivity contribution in [2.45, 2.75) is 41.5 Å². The lowest BCUT2D eigenvalue weighted by Gasteiger charge is -2.14. The average molecular weight is 365 g/mol. The van der Waals surface area contributed by atoms with Crippen LogP contribution in [0.5, 0.6) is 0 Å². The fourth-order valence-electron chi connectivity index (χ4n) is 4.26. The molecule has 0 bridgehead atoms. The minimum atomic E-state index is 1.33. The highest BCUT2D eigenvalue weighted by atomic mass is 14.1. The van der Waals surface area contributed by atoms with Crippen molar-refractivity contribution in [1.29, 1.82) is 0 Å². The molecule has 0 saturated carbocycles. The number of rotatable bonds is 2. The van der Waals surface area contributed by atoms with E-state index in [2.05, 4.69) is 102 Å². The first kappa shape index (κ1) is 18.5. The van der Waals surface area contributed by atoms with E-state index in [1.807, 2.05) is 0 Å². The molecule has 0 unspecified atom stereocenters. The molecular weight excluding hydrogens is 336 g/mol. The van der Waals surface area contributed by atoms with Crippen molar-refractivity contribution in [1.82, 2.24) is 0 Å². The Morgan fingerprint density at radius 1 is 0.464 bits per heavy atom. The first-order valence-corrected chi connectivity index (χ1v) is 10.0. The SMILES string of the molecule is CC(C)=Cc1c(C)ccc2c1ccc1c3ccc(C)c(C=C(C)C)c3ccc21. The second kappa shape index (κ2) is 6.95. The molecule has 4 aromatic rings. The van der Waals surface area contributed by atoms with Gasteiger partial charge in [0.15, 0.2) is 0 Å². The predicted octanol–water partition coefficient (Wildman–Crippen LogP) is 8.61. The highest BCUT2D eigenvalue weighted by Gasteiger charge is 2.10. The number of allylic oxidation sites excluding steroid dienone is 2. The molecule has 0 aromatic heterocycles. The molecular formula is C28H28. The summed E-state index contributed by atoms with van der Waals surface area (Å²) in [6.07, 6.45) is 4.61. The second-order valence-corrected chi connectivity index (χ2v) is 8.45. The molecule has 0 spiro atoms. The van der Waals surface area contributed by atoms with E-state index in [-0.39, 0.29) is 0 Å². The van der Waals surface area contributed by atoms with Gasteiger partial charge in [-0.1, -0.05) is 71.8 Å². The molecule has 0 aliphatic rings. The molecule has 4 aromatic carbocycles. The number of hydrogen-bond donors (Lipinski definition) is 0. The van der Waals surface area contributed by atoms with Gasteiger partial charge < -0.3 is 0 Å². The number of benzene rings is 4.